The topological polar surface area (TPSA) is 216 Å². The van der Waals surface area contributed by atoms with Gasteiger partial charge in [-0.3, -0.25) is 9.59 Å². The fourth-order valence-electron chi connectivity index (χ4n) is 3.83. The molecule has 0 aliphatic carbocycles. The number of carbonyl (C=O) groups is 2. The molecule has 10 atom stereocenters. The van der Waals surface area contributed by atoms with Crippen LogP contribution in [-0.4, -0.2) is 129 Å². The molecule has 0 aromatic heterocycles. The molecule has 0 aromatic rings. The minimum Gasteiger partial charge on any atom is -0.394 e. The molecule has 2 amide bonds. The monoisotopic (exact) mass is 570 g/mol. The van der Waals surface area contributed by atoms with Gasteiger partial charge in [-0.15, -0.1) is 0 Å². The molecule has 0 radical (unpaired) electrons. The lowest BCUT2D eigenvalue weighted by molar-refractivity contribution is -0.293. The van der Waals surface area contributed by atoms with Crippen LogP contribution in [0, 0.1) is 0 Å². The first kappa shape index (κ1) is 37.5. The van der Waals surface area contributed by atoms with Gasteiger partial charge in [0.2, 0.25) is 11.8 Å². The number of aliphatic hydroxyl groups is 6. The van der Waals surface area contributed by atoms with Gasteiger partial charge in [0, 0.05) is 13.3 Å². The highest BCUT2D eigenvalue weighted by Crippen LogP contribution is 2.26. The normalized spacial score (nSPS) is 34.8. The maximum atomic E-state index is 11.5. The number of hydrogen-bond donors (Lipinski definition) is 8. The molecule has 14 nitrogen and oxygen atoms in total. The molecule has 2 aliphatic heterocycles. The molecular formula is C25H50N2O12. The van der Waals surface area contributed by atoms with Gasteiger partial charge in [0.15, 0.2) is 12.6 Å². The Labute approximate surface area is 230 Å². The highest BCUT2D eigenvalue weighted by Gasteiger charge is 2.47. The number of rotatable bonds is 8. The Morgan fingerprint density at radius 3 is 1.64 bits per heavy atom. The molecule has 2 fully saturated rings. The molecule has 2 aliphatic rings. The molecule has 0 aromatic carbocycles. The van der Waals surface area contributed by atoms with Crippen molar-refractivity contribution >= 4 is 11.8 Å². The average molecular weight is 571 g/mol. The summed E-state index contributed by atoms with van der Waals surface area (Å²) < 4.78 is 21.9. The van der Waals surface area contributed by atoms with Crippen LogP contribution in [0.5, 0.6) is 0 Å². The van der Waals surface area contributed by atoms with Gasteiger partial charge in [-0.05, 0) is 34.6 Å². The van der Waals surface area contributed by atoms with Crippen molar-refractivity contribution in [2.24, 2.45) is 0 Å². The Bertz CT molecular complexity index is 734. The predicted molar refractivity (Wildman–Crippen MR) is 139 cm³/mol. The second-order valence-corrected chi connectivity index (χ2v) is 10.5. The molecule has 2 unspecified atom stereocenters. The lowest BCUT2D eigenvalue weighted by atomic mass is 9.96. The number of aliphatic hydroxyl groups excluding tert-OH is 6. The van der Waals surface area contributed by atoms with Crippen molar-refractivity contribution in [3.8, 4) is 0 Å². The molecule has 0 bridgehead atoms. The lowest BCUT2D eigenvalue weighted by Crippen LogP contribution is -2.65. The summed E-state index contributed by atoms with van der Waals surface area (Å²) in [6.07, 6.45) is -8.79. The summed E-state index contributed by atoms with van der Waals surface area (Å²) in [5.74, 6) is -0.649. The summed E-state index contributed by atoms with van der Waals surface area (Å²) >= 11 is 0. The molecule has 232 valence electrons. The molecule has 2 rings (SSSR count). The van der Waals surface area contributed by atoms with Gasteiger partial charge < -0.3 is 60.2 Å². The van der Waals surface area contributed by atoms with Crippen molar-refractivity contribution in [1.29, 1.82) is 0 Å². The second kappa shape index (κ2) is 16.7. The maximum absolute atomic E-state index is 11.5. The average Bonchev–Trinajstić information content (AvgIpc) is 2.82. The van der Waals surface area contributed by atoms with Gasteiger partial charge in [0.25, 0.3) is 0 Å². The van der Waals surface area contributed by atoms with E-state index in [4.69, 9.17) is 24.1 Å². The SMILES string of the molecule is C.CC(=O)N[C@H]1C(OC(C)C)O[C@H](CO)[C@H](O)[C@@H]1O.CCC(=O)N[C@H]1C(OC(C)(C)C)O[C@H](CO)[C@H](O)[C@@H]1O. The Kier molecular flexibility index (Phi) is 16.1. The van der Waals surface area contributed by atoms with Gasteiger partial charge in [0.1, 0.15) is 48.7 Å². The van der Waals surface area contributed by atoms with Gasteiger partial charge in [0.05, 0.1) is 24.9 Å². The largest absolute Gasteiger partial charge is 0.394 e. The highest BCUT2D eigenvalue weighted by atomic mass is 16.7. The van der Waals surface area contributed by atoms with Crippen LogP contribution in [0.2, 0.25) is 0 Å². The first-order valence-electron chi connectivity index (χ1n) is 12.7. The molecule has 0 saturated carbocycles. The van der Waals surface area contributed by atoms with Crippen molar-refractivity contribution in [3.63, 3.8) is 0 Å². The number of amides is 2. The first-order valence-corrected chi connectivity index (χ1v) is 12.7. The first-order chi connectivity index (χ1) is 17.6. The van der Waals surface area contributed by atoms with Crippen LogP contribution in [0.1, 0.15) is 62.3 Å². The van der Waals surface area contributed by atoms with Crippen molar-refractivity contribution in [3.05, 3.63) is 0 Å². The fourth-order valence-corrected chi connectivity index (χ4v) is 3.83. The lowest BCUT2D eigenvalue weighted by Gasteiger charge is -2.44. The minimum atomic E-state index is -1.29. The summed E-state index contributed by atoms with van der Waals surface area (Å²) in [6.45, 7) is 11.1. The zero-order valence-electron chi connectivity index (χ0n) is 23.1. The summed E-state index contributed by atoms with van der Waals surface area (Å²) in [5.41, 5.74) is -0.568. The summed E-state index contributed by atoms with van der Waals surface area (Å²) in [6, 6.07) is -1.76. The van der Waals surface area contributed by atoms with E-state index in [9.17, 15) is 35.1 Å². The Balaban J connectivity index is 0.000000726. The molecule has 14 heteroatoms. The number of carbonyl (C=O) groups excluding carboxylic acids is 2. The van der Waals surface area contributed by atoms with E-state index in [0.717, 1.165) is 0 Å². The molecule has 0 spiro atoms. The van der Waals surface area contributed by atoms with E-state index in [0.29, 0.717) is 0 Å². The van der Waals surface area contributed by atoms with Crippen LogP contribution in [0.3, 0.4) is 0 Å². The molecule has 2 heterocycles. The van der Waals surface area contributed by atoms with E-state index in [-0.39, 0.29) is 31.8 Å². The van der Waals surface area contributed by atoms with Crippen LogP contribution in [-0.2, 0) is 28.5 Å². The van der Waals surface area contributed by atoms with Gasteiger partial charge in [-0.1, -0.05) is 14.4 Å². The van der Waals surface area contributed by atoms with Crippen molar-refractivity contribution in [2.75, 3.05) is 13.2 Å². The van der Waals surface area contributed by atoms with Crippen LogP contribution in [0.15, 0.2) is 0 Å². The summed E-state index contributed by atoms with van der Waals surface area (Å²) in [4.78, 5) is 22.6. The Hall–Kier alpha value is -1.46. The van der Waals surface area contributed by atoms with Gasteiger partial charge in [-0.25, -0.2) is 0 Å². The molecule has 8 N–H and O–H groups in total. The number of nitrogens with one attached hydrogen (secondary N) is 2. The smallest absolute Gasteiger partial charge is 0.220 e. The Morgan fingerprint density at radius 2 is 1.28 bits per heavy atom. The highest BCUT2D eigenvalue weighted by molar-refractivity contribution is 5.76. The van der Waals surface area contributed by atoms with Crippen LogP contribution < -0.4 is 10.6 Å². The Morgan fingerprint density at radius 1 is 0.846 bits per heavy atom. The van der Waals surface area contributed by atoms with E-state index in [1.165, 1.54) is 6.92 Å². The molecular weight excluding hydrogens is 520 g/mol. The van der Waals surface area contributed by atoms with E-state index in [1.807, 2.05) is 0 Å². The summed E-state index contributed by atoms with van der Waals surface area (Å²) in [7, 11) is 0. The zero-order valence-corrected chi connectivity index (χ0v) is 23.1. The quantitative estimate of drug-likeness (QED) is 0.161. The maximum Gasteiger partial charge on any atom is 0.220 e. The van der Waals surface area contributed by atoms with Crippen LogP contribution >= 0.6 is 0 Å². The predicted octanol–water partition coefficient (Wildman–Crippen LogP) is -1.87. The van der Waals surface area contributed by atoms with Crippen LogP contribution in [0.4, 0.5) is 0 Å². The third-order valence-corrected chi connectivity index (χ3v) is 5.66. The minimum absolute atomic E-state index is 0. The third kappa shape index (κ3) is 11.5. The third-order valence-electron chi connectivity index (χ3n) is 5.66. The fraction of sp³-hybridized carbons (Fsp3) is 0.920. The van der Waals surface area contributed by atoms with Crippen LogP contribution in [0.25, 0.3) is 0 Å². The van der Waals surface area contributed by atoms with Crippen molar-refractivity contribution < 1.29 is 59.2 Å². The number of ether oxygens (including phenoxy) is 4. The zero-order chi connectivity index (χ0) is 29.4. The molecule has 2 saturated heterocycles. The van der Waals surface area contributed by atoms with Gasteiger partial charge >= 0.3 is 0 Å². The second-order valence-electron chi connectivity index (χ2n) is 10.5. The van der Waals surface area contributed by atoms with E-state index >= 15 is 0 Å². The van der Waals surface area contributed by atoms with Crippen molar-refractivity contribution in [2.45, 2.75) is 135 Å². The number of hydrogen-bond acceptors (Lipinski definition) is 12. The van der Waals surface area contributed by atoms with E-state index < -0.39 is 80.1 Å². The van der Waals surface area contributed by atoms with Crippen molar-refractivity contribution in [1.82, 2.24) is 10.6 Å². The summed E-state index contributed by atoms with van der Waals surface area (Å²) in [5, 5.41) is 62.9. The standard InChI is InChI=1S/C13H25NO6.C11H21NO6.CH4/c1-5-8(16)14-9-11(18)10(17)7(6-15)19-12(9)20-13(2,3)4;1-5(2)17-11-8(12-6(3)14)10(16)9(15)7(4-13)18-11;/h7,9-12,15,17-18H,5-6H2,1-4H3,(H,14,16);5,7-11,13,15-16H,4H2,1-3H3,(H,12,14);1H4/t7-,9-,10+,11-,12?;7-,8-,9+,10-,11?;/m11./s1. The van der Waals surface area contributed by atoms with E-state index in [1.54, 1.807) is 41.5 Å². The molecule has 39 heavy (non-hydrogen) atoms. The van der Waals surface area contributed by atoms with E-state index in [2.05, 4.69) is 10.6 Å². The van der Waals surface area contributed by atoms with Gasteiger partial charge in [-0.2, -0.15) is 0 Å².